The zero-order valence-electron chi connectivity index (χ0n) is 17.5. The normalized spacial score (nSPS) is 23.2. The van der Waals surface area contributed by atoms with Gasteiger partial charge in [0.25, 0.3) is 0 Å². The van der Waals surface area contributed by atoms with Crippen molar-refractivity contribution in [2.24, 2.45) is 5.73 Å². The highest BCUT2D eigenvalue weighted by Crippen LogP contribution is 2.44. The predicted molar refractivity (Wildman–Crippen MR) is 114 cm³/mol. The minimum Gasteiger partial charge on any atom is -0.497 e. The van der Waals surface area contributed by atoms with Crippen LogP contribution in [-0.2, 0) is 20.4 Å². The summed E-state index contributed by atoms with van der Waals surface area (Å²) in [6, 6.07) is 13.4. The van der Waals surface area contributed by atoms with Crippen molar-refractivity contribution in [1.29, 1.82) is 0 Å². The summed E-state index contributed by atoms with van der Waals surface area (Å²) in [4.78, 5) is 32.8. The van der Waals surface area contributed by atoms with Crippen LogP contribution in [0.25, 0.3) is 0 Å². The number of pyridine rings is 1. The lowest BCUT2D eigenvalue weighted by atomic mass is 9.73. The van der Waals surface area contributed by atoms with Gasteiger partial charge in [0.2, 0.25) is 11.8 Å². The fourth-order valence-electron chi connectivity index (χ4n) is 5.23. The number of benzene rings is 1. The van der Waals surface area contributed by atoms with Gasteiger partial charge in [-0.15, -0.1) is 0 Å². The highest BCUT2D eigenvalue weighted by molar-refractivity contribution is 5.91. The third kappa shape index (κ3) is 3.34. The van der Waals surface area contributed by atoms with Crippen LogP contribution in [0, 0.1) is 0 Å². The molecule has 1 saturated heterocycles. The van der Waals surface area contributed by atoms with E-state index in [0.717, 1.165) is 43.4 Å². The SMILES string of the molecule is COc1ccc(C2(C(=O)N3CCC[C@](C(N)=O)(c4ccccn4)C3)CCCC2)cc1. The number of nitrogens with two attached hydrogens (primary N) is 1. The molecule has 30 heavy (non-hydrogen) atoms. The molecule has 0 bridgehead atoms. The molecule has 1 aliphatic carbocycles. The van der Waals surface area contributed by atoms with E-state index < -0.39 is 16.7 Å². The monoisotopic (exact) mass is 407 g/mol. The number of likely N-dealkylation sites (tertiary alicyclic amines) is 1. The van der Waals surface area contributed by atoms with Gasteiger partial charge >= 0.3 is 0 Å². The van der Waals surface area contributed by atoms with Gasteiger partial charge in [-0.2, -0.15) is 0 Å². The van der Waals surface area contributed by atoms with Crippen LogP contribution in [0.15, 0.2) is 48.7 Å². The first kappa shape index (κ1) is 20.4. The second-order valence-electron chi connectivity index (χ2n) is 8.51. The number of aromatic nitrogens is 1. The maximum Gasteiger partial charge on any atom is 0.233 e. The van der Waals surface area contributed by atoms with Crippen molar-refractivity contribution in [3.63, 3.8) is 0 Å². The molecule has 2 aromatic rings. The molecule has 0 unspecified atom stereocenters. The Morgan fingerprint density at radius 3 is 2.30 bits per heavy atom. The molecule has 2 aliphatic rings. The van der Waals surface area contributed by atoms with Gasteiger partial charge in [0, 0.05) is 19.3 Å². The largest absolute Gasteiger partial charge is 0.497 e. The van der Waals surface area contributed by atoms with Crippen LogP contribution in [0.5, 0.6) is 5.75 Å². The molecule has 0 spiro atoms. The van der Waals surface area contributed by atoms with Crippen molar-refractivity contribution >= 4 is 11.8 Å². The Hall–Kier alpha value is -2.89. The van der Waals surface area contributed by atoms with Crippen molar-refractivity contribution in [2.45, 2.75) is 49.4 Å². The summed E-state index contributed by atoms with van der Waals surface area (Å²) >= 11 is 0. The number of piperidine rings is 1. The van der Waals surface area contributed by atoms with Crippen LogP contribution in [0.3, 0.4) is 0 Å². The Morgan fingerprint density at radius 1 is 1.00 bits per heavy atom. The second kappa shape index (κ2) is 8.09. The van der Waals surface area contributed by atoms with Gasteiger partial charge in [-0.25, -0.2) is 0 Å². The van der Waals surface area contributed by atoms with Gasteiger partial charge in [-0.3, -0.25) is 14.6 Å². The van der Waals surface area contributed by atoms with E-state index in [9.17, 15) is 9.59 Å². The summed E-state index contributed by atoms with van der Waals surface area (Å²) < 4.78 is 5.29. The zero-order valence-corrected chi connectivity index (χ0v) is 17.5. The Balaban J connectivity index is 1.67. The molecule has 2 heterocycles. The number of rotatable bonds is 5. The van der Waals surface area contributed by atoms with E-state index in [0.29, 0.717) is 18.7 Å². The third-order valence-corrected chi connectivity index (χ3v) is 6.92. The number of methoxy groups -OCH3 is 1. The Bertz CT molecular complexity index is 907. The van der Waals surface area contributed by atoms with Crippen LogP contribution in [-0.4, -0.2) is 41.9 Å². The van der Waals surface area contributed by atoms with Crippen molar-refractivity contribution < 1.29 is 14.3 Å². The first-order valence-electron chi connectivity index (χ1n) is 10.7. The van der Waals surface area contributed by atoms with Gasteiger partial charge in [-0.1, -0.05) is 31.0 Å². The molecule has 1 aromatic carbocycles. The number of amides is 2. The molecule has 6 nitrogen and oxygen atoms in total. The lowest BCUT2D eigenvalue weighted by molar-refractivity contribution is -0.141. The van der Waals surface area contributed by atoms with E-state index in [-0.39, 0.29) is 12.5 Å². The first-order chi connectivity index (χ1) is 14.5. The molecule has 2 fully saturated rings. The van der Waals surface area contributed by atoms with Gasteiger partial charge < -0.3 is 15.4 Å². The number of carbonyl (C=O) groups excluding carboxylic acids is 2. The smallest absolute Gasteiger partial charge is 0.233 e. The standard InChI is InChI=1S/C24H29N3O3/c1-30-19-10-8-18(9-11-19)23(12-3-4-13-23)22(29)27-16-6-14-24(17-27,21(25)28)20-7-2-5-15-26-20/h2,5,7-11,15H,3-4,6,12-14,16-17H2,1H3,(H2,25,28)/t24-/m1/s1. The quantitative estimate of drug-likeness (QED) is 0.826. The summed E-state index contributed by atoms with van der Waals surface area (Å²) in [5, 5.41) is 0. The Labute approximate surface area is 177 Å². The zero-order chi connectivity index (χ0) is 21.2. The molecule has 0 radical (unpaired) electrons. The van der Waals surface area contributed by atoms with Crippen LogP contribution < -0.4 is 10.5 Å². The summed E-state index contributed by atoms with van der Waals surface area (Å²) in [7, 11) is 1.64. The van der Waals surface area contributed by atoms with Crippen LogP contribution in [0.4, 0.5) is 0 Å². The van der Waals surface area contributed by atoms with Gasteiger partial charge in [0.1, 0.15) is 11.2 Å². The van der Waals surface area contributed by atoms with E-state index in [1.807, 2.05) is 47.4 Å². The first-order valence-corrected chi connectivity index (χ1v) is 10.7. The molecule has 6 heteroatoms. The molecular weight excluding hydrogens is 378 g/mol. The molecule has 1 saturated carbocycles. The highest BCUT2D eigenvalue weighted by Gasteiger charge is 2.50. The summed E-state index contributed by atoms with van der Waals surface area (Å²) in [5.74, 6) is 0.468. The molecule has 1 aromatic heterocycles. The topological polar surface area (TPSA) is 85.5 Å². The van der Waals surface area contributed by atoms with E-state index >= 15 is 0 Å². The fraction of sp³-hybridized carbons (Fsp3) is 0.458. The van der Waals surface area contributed by atoms with Crippen molar-refractivity contribution in [3.05, 3.63) is 59.9 Å². The summed E-state index contributed by atoms with van der Waals surface area (Å²) in [5.41, 5.74) is 6.09. The molecule has 1 atom stereocenters. The molecule has 158 valence electrons. The predicted octanol–water partition coefficient (Wildman–Crippen LogP) is 2.95. The van der Waals surface area contributed by atoms with Crippen LogP contribution in [0.2, 0.25) is 0 Å². The van der Waals surface area contributed by atoms with Gasteiger partial charge in [0.05, 0.1) is 18.2 Å². The maximum atomic E-state index is 13.9. The van der Waals surface area contributed by atoms with Crippen molar-refractivity contribution in [2.75, 3.05) is 20.2 Å². The number of hydrogen-bond acceptors (Lipinski definition) is 4. The third-order valence-electron chi connectivity index (χ3n) is 6.92. The van der Waals surface area contributed by atoms with Crippen molar-refractivity contribution in [3.8, 4) is 5.75 Å². The molecule has 2 amide bonds. The lowest BCUT2D eigenvalue weighted by Gasteiger charge is -2.43. The van der Waals surface area contributed by atoms with Crippen molar-refractivity contribution in [1.82, 2.24) is 9.88 Å². The van der Waals surface area contributed by atoms with E-state index in [4.69, 9.17) is 10.5 Å². The van der Waals surface area contributed by atoms with E-state index in [1.54, 1.807) is 13.3 Å². The average molecular weight is 408 g/mol. The number of primary amides is 1. The Morgan fingerprint density at radius 2 is 1.70 bits per heavy atom. The maximum absolute atomic E-state index is 13.9. The Kier molecular flexibility index (Phi) is 5.50. The number of ether oxygens (including phenoxy) is 1. The average Bonchev–Trinajstić information content (AvgIpc) is 3.30. The molecular formula is C24H29N3O3. The minimum atomic E-state index is -0.936. The number of nitrogens with zero attached hydrogens (tertiary/aromatic N) is 2. The number of hydrogen-bond donors (Lipinski definition) is 1. The summed E-state index contributed by atoms with van der Waals surface area (Å²) in [6.07, 6.45) is 6.70. The number of carbonyl (C=O) groups is 2. The van der Waals surface area contributed by atoms with Gasteiger partial charge in [0.15, 0.2) is 0 Å². The van der Waals surface area contributed by atoms with Crippen LogP contribution in [0.1, 0.15) is 49.8 Å². The highest BCUT2D eigenvalue weighted by atomic mass is 16.5. The van der Waals surface area contributed by atoms with Gasteiger partial charge in [-0.05, 0) is 55.5 Å². The van der Waals surface area contributed by atoms with E-state index in [2.05, 4.69) is 4.98 Å². The molecule has 2 N–H and O–H groups in total. The minimum absolute atomic E-state index is 0.103. The molecule has 4 rings (SSSR count). The van der Waals surface area contributed by atoms with Crippen LogP contribution >= 0.6 is 0 Å². The van der Waals surface area contributed by atoms with E-state index in [1.165, 1.54) is 0 Å². The lowest BCUT2D eigenvalue weighted by Crippen LogP contribution is -2.58. The summed E-state index contributed by atoms with van der Waals surface area (Å²) in [6.45, 7) is 0.925. The second-order valence-corrected chi connectivity index (χ2v) is 8.51. The molecule has 1 aliphatic heterocycles. The fourth-order valence-corrected chi connectivity index (χ4v) is 5.23.